The van der Waals surface area contributed by atoms with Gasteiger partial charge in [-0.05, 0) is 49.2 Å². The molecule has 102 valence electrons. The summed E-state index contributed by atoms with van der Waals surface area (Å²) in [4.78, 5) is 23.6. The van der Waals surface area contributed by atoms with E-state index < -0.39 is 11.9 Å². The van der Waals surface area contributed by atoms with E-state index >= 15 is 0 Å². The zero-order valence-corrected chi connectivity index (χ0v) is 11.4. The number of urea groups is 1. The Morgan fingerprint density at radius 3 is 2.10 bits per heavy atom. The lowest BCUT2D eigenvalue weighted by Crippen LogP contribution is -2.34. The molecule has 2 aromatic carbocycles. The van der Waals surface area contributed by atoms with Gasteiger partial charge >= 0.3 is 6.03 Å². The van der Waals surface area contributed by atoms with Gasteiger partial charge in [-0.3, -0.25) is 10.1 Å². The first-order valence-electron chi connectivity index (χ1n) is 6.30. The number of benzene rings is 2. The molecule has 0 spiro atoms. The molecule has 0 aliphatic carbocycles. The van der Waals surface area contributed by atoms with Crippen molar-refractivity contribution in [2.24, 2.45) is 0 Å². The summed E-state index contributed by atoms with van der Waals surface area (Å²) in [7, 11) is 0. The lowest BCUT2D eigenvalue weighted by atomic mass is 10.1. The van der Waals surface area contributed by atoms with E-state index in [0.29, 0.717) is 11.3 Å². The number of hydrogen-bond donors (Lipinski definition) is 2. The quantitative estimate of drug-likeness (QED) is 0.878. The van der Waals surface area contributed by atoms with Crippen molar-refractivity contribution in [2.75, 3.05) is 5.32 Å². The highest BCUT2D eigenvalue weighted by Gasteiger charge is 2.09. The van der Waals surface area contributed by atoms with E-state index in [1.165, 1.54) is 0 Å². The van der Waals surface area contributed by atoms with E-state index in [1.54, 1.807) is 24.3 Å². The molecule has 0 heterocycles. The van der Waals surface area contributed by atoms with E-state index in [9.17, 15) is 9.59 Å². The minimum atomic E-state index is -0.538. The second kappa shape index (κ2) is 6.02. The molecular formula is C16H16N2O2. The van der Waals surface area contributed by atoms with E-state index in [-0.39, 0.29) is 0 Å². The summed E-state index contributed by atoms with van der Waals surface area (Å²) >= 11 is 0. The van der Waals surface area contributed by atoms with E-state index in [0.717, 1.165) is 11.1 Å². The molecule has 2 N–H and O–H groups in total. The number of carbonyl (C=O) groups excluding carboxylic acids is 2. The summed E-state index contributed by atoms with van der Waals surface area (Å²) in [5, 5.41) is 4.95. The molecule has 0 radical (unpaired) electrons. The minimum Gasteiger partial charge on any atom is -0.308 e. The number of aryl methyl sites for hydroxylation is 2. The summed E-state index contributed by atoms with van der Waals surface area (Å²) in [6, 6.07) is 13.8. The minimum absolute atomic E-state index is 0.424. The smallest absolute Gasteiger partial charge is 0.308 e. The van der Waals surface area contributed by atoms with Crippen molar-refractivity contribution in [3.63, 3.8) is 0 Å². The first-order valence-corrected chi connectivity index (χ1v) is 6.30. The molecule has 2 rings (SSSR count). The molecule has 0 aliphatic heterocycles. The lowest BCUT2D eigenvalue weighted by Gasteiger charge is -2.08. The number of hydrogen-bond acceptors (Lipinski definition) is 2. The molecule has 0 aromatic heterocycles. The Hall–Kier alpha value is -2.62. The number of rotatable bonds is 2. The summed E-state index contributed by atoms with van der Waals surface area (Å²) in [6.45, 7) is 3.90. The molecule has 3 amide bonds. The van der Waals surface area contributed by atoms with Gasteiger partial charge in [0.05, 0.1) is 0 Å². The zero-order valence-electron chi connectivity index (χ0n) is 11.4. The number of imide groups is 1. The standard InChI is InChI=1S/C16H16N2O2/c1-11-8-12(2)10-14(9-11)17-16(20)18-15(19)13-6-4-3-5-7-13/h3-10H,1-2H3,(H2,17,18,19,20). The number of carbonyl (C=O) groups is 2. The van der Waals surface area contributed by atoms with E-state index in [2.05, 4.69) is 10.6 Å². The van der Waals surface area contributed by atoms with Crippen LogP contribution in [0.1, 0.15) is 21.5 Å². The predicted octanol–water partition coefficient (Wildman–Crippen LogP) is 3.27. The summed E-state index contributed by atoms with van der Waals surface area (Å²) in [5.41, 5.74) is 3.22. The normalized spacial score (nSPS) is 9.90. The first-order chi connectivity index (χ1) is 9.54. The SMILES string of the molecule is Cc1cc(C)cc(NC(=O)NC(=O)c2ccccc2)c1. The fraction of sp³-hybridized carbons (Fsp3) is 0.125. The maximum Gasteiger partial charge on any atom is 0.326 e. The molecule has 0 fully saturated rings. The number of nitrogens with one attached hydrogen (secondary N) is 2. The average Bonchev–Trinajstić information content (AvgIpc) is 2.38. The molecule has 2 aromatic rings. The van der Waals surface area contributed by atoms with Crippen LogP contribution in [0.4, 0.5) is 10.5 Å². The van der Waals surface area contributed by atoms with Crippen LogP contribution in [0.15, 0.2) is 48.5 Å². The average molecular weight is 268 g/mol. The molecule has 20 heavy (non-hydrogen) atoms. The van der Waals surface area contributed by atoms with Crippen LogP contribution >= 0.6 is 0 Å². The highest BCUT2D eigenvalue weighted by molar-refractivity contribution is 6.07. The molecule has 0 aliphatic rings. The fourth-order valence-corrected chi connectivity index (χ4v) is 1.97. The van der Waals surface area contributed by atoms with Gasteiger partial charge in [0.25, 0.3) is 5.91 Å². The van der Waals surface area contributed by atoms with Crippen molar-refractivity contribution in [2.45, 2.75) is 13.8 Å². The first kappa shape index (κ1) is 13.8. The summed E-state index contributed by atoms with van der Waals surface area (Å²) < 4.78 is 0. The monoisotopic (exact) mass is 268 g/mol. The Bertz CT molecular complexity index is 616. The van der Waals surface area contributed by atoms with E-state index in [1.807, 2.05) is 38.1 Å². The summed E-state index contributed by atoms with van der Waals surface area (Å²) in [6.07, 6.45) is 0. The third-order valence-corrected chi connectivity index (χ3v) is 2.74. The second-order valence-electron chi connectivity index (χ2n) is 4.65. The van der Waals surface area contributed by atoms with Gasteiger partial charge in [-0.15, -0.1) is 0 Å². The van der Waals surface area contributed by atoms with Gasteiger partial charge < -0.3 is 5.32 Å². The Morgan fingerprint density at radius 1 is 0.900 bits per heavy atom. The lowest BCUT2D eigenvalue weighted by molar-refractivity contribution is 0.0967. The van der Waals surface area contributed by atoms with Crippen molar-refractivity contribution >= 4 is 17.6 Å². The fourth-order valence-electron chi connectivity index (χ4n) is 1.97. The maximum atomic E-state index is 11.8. The van der Waals surface area contributed by atoms with Gasteiger partial charge in [0, 0.05) is 11.3 Å². The molecule has 4 nitrogen and oxygen atoms in total. The van der Waals surface area contributed by atoms with Crippen LogP contribution < -0.4 is 10.6 Å². The van der Waals surface area contributed by atoms with Gasteiger partial charge in [-0.2, -0.15) is 0 Å². The molecule has 0 saturated carbocycles. The molecule has 0 unspecified atom stereocenters. The van der Waals surface area contributed by atoms with Crippen molar-refractivity contribution in [1.82, 2.24) is 5.32 Å². The van der Waals surface area contributed by atoms with Crippen molar-refractivity contribution in [3.8, 4) is 0 Å². The van der Waals surface area contributed by atoms with Crippen LogP contribution in [0.25, 0.3) is 0 Å². The molecule has 0 atom stereocenters. The van der Waals surface area contributed by atoms with Gasteiger partial charge in [-0.25, -0.2) is 4.79 Å². The number of anilines is 1. The van der Waals surface area contributed by atoms with Gasteiger partial charge in [0.15, 0.2) is 0 Å². The molecule has 0 saturated heterocycles. The maximum absolute atomic E-state index is 11.8. The molecular weight excluding hydrogens is 252 g/mol. The third-order valence-electron chi connectivity index (χ3n) is 2.74. The van der Waals surface area contributed by atoms with Gasteiger partial charge in [-0.1, -0.05) is 24.3 Å². The second-order valence-corrected chi connectivity index (χ2v) is 4.65. The van der Waals surface area contributed by atoms with E-state index in [4.69, 9.17) is 0 Å². The van der Waals surface area contributed by atoms with Crippen LogP contribution in [0.3, 0.4) is 0 Å². The Morgan fingerprint density at radius 2 is 1.50 bits per heavy atom. The molecule has 4 heteroatoms. The Balaban J connectivity index is 2.01. The summed E-state index contributed by atoms with van der Waals surface area (Å²) in [5.74, 6) is -0.424. The molecule has 0 bridgehead atoms. The van der Waals surface area contributed by atoms with Crippen molar-refractivity contribution in [3.05, 3.63) is 65.2 Å². The Labute approximate surface area is 117 Å². The van der Waals surface area contributed by atoms with Crippen LogP contribution in [-0.4, -0.2) is 11.9 Å². The third kappa shape index (κ3) is 3.68. The topological polar surface area (TPSA) is 58.2 Å². The van der Waals surface area contributed by atoms with Crippen LogP contribution in [0.5, 0.6) is 0 Å². The zero-order chi connectivity index (χ0) is 14.5. The highest BCUT2D eigenvalue weighted by atomic mass is 16.2. The number of amides is 3. The largest absolute Gasteiger partial charge is 0.326 e. The van der Waals surface area contributed by atoms with Gasteiger partial charge in [0.1, 0.15) is 0 Å². The van der Waals surface area contributed by atoms with Gasteiger partial charge in [0.2, 0.25) is 0 Å². The predicted molar refractivity (Wildman–Crippen MR) is 78.8 cm³/mol. The van der Waals surface area contributed by atoms with Crippen molar-refractivity contribution in [1.29, 1.82) is 0 Å². The van der Waals surface area contributed by atoms with Crippen molar-refractivity contribution < 1.29 is 9.59 Å². The highest BCUT2D eigenvalue weighted by Crippen LogP contribution is 2.13. The Kier molecular flexibility index (Phi) is 4.15. The van der Waals surface area contributed by atoms with Crippen LogP contribution in [-0.2, 0) is 0 Å². The van der Waals surface area contributed by atoms with Crippen LogP contribution in [0.2, 0.25) is 0 Å². The van der Waals surface area contributed by atoms with Crippen LogP contribution in [0, 0.1) is 13.8 Å².